The van der Waals surface area contributed by atoms with Gasteiger partial charge >= 0.3 is 0 Å². The summed E-state index contributed by atoms with van der Waals surface area (Å²) < 4.78 is 5.32. The molecule has 0 radical (unpaired) electrons. The molecule has 0 spiro atoms. The molecule has 8 nitrogen and oxygen atoms in total. The summed E-state index contributed by atoms with van der Waals surface area (Å²) in [7, 11) is 1.51. The molecule has 0 aliphatic carbocycles. The number of anilines is 1. The van der Waals surface area contributed by atoms with Gasteiger partial charge in [-0.15, -0.1) is 0 Å². The molecule has 3 rings (SSSR count). The molecule has 9 heteroatoms. The van der Waals surface area contributed by atoms with Crippen molar-refractivity contribution in [3.63, 3.8) is 0 Å². The number of nitro groups is 1. The van der Waals surface area contributed by atoms with Crippen LogP contribution in [0.15, 0.2) is 42.5 Å². The van der Waals surface area contributed by atoms with Gasteiger partial charge in [0.2, 0.25) is 5.91 Å². The van der Waals surface area contributed by atoms with Crippen LogP contribution in [0.3, 0.4) is 0 Å². The second-order valence-electron chi connectivity index (χ2n) is 6.28. The molecule has 1 saturated heterocycles. The number of halogens is 1. The Morgan fingerprint density at radius 1 is 1.21 bits per heavy atom. The summed E-state index contributed by atoms with van der Waals surface area (Å²) in [5.74, 6) is -0.101. The number of amides is 2. The van der Waals surface area contributed by atoms with Gasteiger partial charge in [-0.3, -0.25) is 19.7 Å². The van der Waals surface area contributed by atoms with Gasteiger partial charge in [0, 0.05) is 35.8 Å². The summed E-state index contributed by atoms with van der Waals surface area (Å²) >= 11 is 6.07. The molecule has 0 aromatic heterocycles. The van der Waals surface area contributed by atoms with E-state index < -0.39 is 11.0 Å². The van der Waals surface area contributed by atoms with Gasteiger partial charge in [-0.05, 0) is 37.3 Å². The van der Waals surface area contributed by atoms with Crippen molar-refractivity contribution in [2.24, 2.45) is 0 Å². The van der Waals surface area contributed by atoms with Crippen LogP contribution in [0.5, 0.6) is 5.75 Å². The van der Waals surface area contributed by atoms with Gasteiger partial charge in [-0.25, -0.2) is 0 Å². The second kappa shape index (κ2) is 7.85. The largest absolute Gasteiger partial charge is 0.495 e. The zero-order valence-electron chi connectivity index (χ0n) is 15.3. The van der Waals surface area contributed by atoms with Crippen LogP contribution < -0.4 is 9.64 Å². The van der Waals surface area contributed by atoms with Crippen molar-refractivity contribution < 1.29 is 19.2 Å². The van der Waals surface area contributed by atoms with Gasteiger partial charge in [0.15, 0.2) is 0 Å². The number of hydrogen-bond acceptors (Lipinski definition) is 5. The number of carbonyl (C=O) groups excluding carboxylic acids is 2. The molecule has 0 N–H and O–H groups in total. The number of rotatable bonds is 4. The molecule has 0 bridgehead atoms. The minimum absolute atomic E-state index is 0.0986. The number of nitro benzene ring substituents is 1. The van der Waals surface area contributed by atoms with E-state index in [1.54, 1.807) is 30.0 Å². The number of ether oxygens (including phenoxy) is 1. The smallest absolute Gasteiger partial charge is 0.269 e. The average molecular weight is 404 g/mol. The van der Waals surface area contributed by atoms with Crippen LogP contribution in [0.2, 0.25) is 5.02 Å². The highest BCUT2D eigenvalue weighted by molar-refractivity contribution is 6.31. The first-order chi connectivity index (χ1) is 13.3. The molecule has 146 valence electrons. The molecule has 2 aromatic carbocycles. The average Bonchev–Trinajstić information content (AvgIpc) is 2.69. The van der Waals surface area contributed by atoms with Crippen molar-refractivity contribution in [2.75, 3.05) is 25.1 Å². The van der Waals surface area contributed by atoms with Crippen molar-refractivity contribution in [2.45, 2.75) is 13.0 Å². The summed E-state index contributed by atoms with van der Waals surface area (Å²) in [6.07, 6.45) is 0. The van der Waals surface area contributed by atoms with E-state index in [-0.39, 0.29) is 24.0 Å². The SMILES string of the molecule is COc1ccc(Cl)cc1N1CCN(C(=O)c2ccc([N+](=O)[O-])cc2)[C@H](C)C1=O. The van der Waals surface area contributed by atoms with Crippen LogP contribution >= 0.6 is 11.6 Å². The normalized spacial score (nSPS) is 16.8. The quantitative estimate of drug-likeness (QED) is 0.577. The van der Waals surface area contributed by atoms with Crippen molar-refractivity contribution in [1.82, 2.24) is 4.90 Å². The molecule has 1 fully saturated rings. The van der Waals surface area contributed by atoms with Gasteiger partial charge in [0.05, 0.1) is 17.7 Å². The Morgan fingerprint density at radius 3 is 2.50 bits per heavy atom. The topological polar surface area (TPSA) is 93.0 Å². The summed E-state index contributed by atoms with van der Waals surface area (Å²) in [6, 6.07) is 9.63. The highest BCUT2D eigenvalue weighted by Crippen LogP contribution is 2.33. The molecule has 2 aromatic rings. The monoisotopic (exact) mass is 403 g/mol. The zero-order chi connectivity index (χ0) is 20.4. The molecule has 1 atom stereocenters. The molecule has 1 aliphatic rings. The predicted octanol–water partition coefficient (Wildman–Crippen LogP) is 3.13. The van der Waals surface area contributed by atoms with Gasteiger partial charge in [-0.1, -0.05) is 11.6 Å². The lowest BCUT2D eigenvalue weighted by Crippen LogP contribution is -2.57. The Labute approximate surface area is 166 Å². The number of nitrogens with zero attached hydrogens (tertiary/aromatic N) is 3. The van der Waals surface area contributed by atoms with Crippen LogP contribution in [-0.4, -0.2) is 47.9 Å². The maximum Gasteiger partial charge on any atom is 0.269 e. The van der Waals surface area contributed by atoms with Gasteiger partial charge in [-0.2, -0.15) is 0 Å². The van der Waals surface area contributed by atoms with E-state index in [1.165, 1.54) is 36.3 Å². The van der Waals surface area contributed by atoms with E-state index >= 15 is 0 Å². The zero-order valence-corrected chi connectivity index (χ0v) is 16.0. The number of piperazine rings is 1. The van der Waals surface area contributed by atoms with Crippen LogP contribution in [-0.2, 0) is 4.79 Å². The molecule has 1 heterocycles. The molecular formula is C19H18ClN3O5. The van der Waals surface area contributed by atoms with Gasteiger partial charge < -0.3 is 14.5 Å². The van der Waals surface area contributed by atoms with Crippen LogP contribution in [0.1, 0.15) is 17.3 Å². The Hall–Kier alpha value is -3.13. The van der Waals surface area contributed by atoms with Crippen LogP contribution in [0.25, 0.3) is 0 Å². The van der Waals surface area contributed by atoms with Crippen molar-refractivity contribution >= 4 is 34.8 Å². The van der Waals surface area contributed by atoms with Crippen molar-refractivity contribution in [3.05, 3.63) is 63.2 Å². The van der Waals surface area contributed by atoms with Gasteiger partial charge in [0.1, 0.15) is 11.8 Å². The van der Waals surface area contributed by atoms with Crippen LogP contribution in [0.4, 0.5) is 11.4 Å². The Kier molecular flexibility index (Phi) is 5.51. The second-order valence-corrected chi connectivity index (χ2v) is 6.72. The number of methoxy groups -OCH3 is 1. The molecule has 2 amide bonds. The number of carbonyl (C=O) groups is 2. The summed E-state index contributed by atoms with van der Waals surface area (Å²) in [5.41, 5.74) is 0.742. The third-order valence-corrected chi connectivity index (χ3v) is 4.91. The minimum Gasteiger partial charge on any atom is -0.495 e. The van der Waals surface area contributed by atoms with E-state index in [4.69, 9.17) is 16.3 Å². The van der Waals surface area contributed by atoms with Crippen molar-refractivity contribution in [1.29, 1.82) is 0 Å². The Balaban J connectivity index is 1.82. The molecule has 0 saturated carbocycles. The maximum absolute atomic E-state index is 12.9. The number of benzene rings is 2. The van der Waals surface area contributed by atoms with E-state index in [0.717, 1.165) is 0 Å². The summed E-state index contributed by atoms with van der Waals surface area (Å²) in [6.45, 7) is 2.23. The lowest BCUT2D eigenvalue weighted by Gasteiger charge is -2.39. The van der Waals surface area contributed by atoms with Crippen LogP contribution in [0, 0.1) is 10.1 Å². The predicted molar refractivity (Wildman–Crippen MR) is 104 cm³/mol. The highest BCUT2D eigenvalue weighted by atomic mass is 35.5. The molecule has 0 unspecified atom stereocenters. The third kappa shape index (κ3) is 3.63. The number of hydrogen-bond donors (Lipinski definition) is 0. The molecular weight excluding hydrogens is 386 g/mol. The van der Waals surface area contributed by atoms with E-state index in [0.29, 0.717) is 28.6 Å². The Morgan fingerprint density at radius 2 is 1.89 bits per heavy atom. The molecule has 28 heavy (non-hydrogen) atoms. The fourth-order valence-corrected chi connectivity index (χ4v) is 3.32. The van der Waals surface area contributed by atoms with Gasteiger partial charge in [0.25, 0.3) is 11.6 Å². The first-order valence-electron chi connectivity index (χ1n) is 8.54. The third-order valence-electron chi connectivity index (χ3n) is 4.67. The van der Waals surface area contributed by atoms with E-state index in [9.17, 15) is 19.7 Å². The minimum atomic E-state index is -0.708. The first-order valence-corrected chi connectivity index (χ1v) is 8.91. The lowest BCUT2D eigenvalue weighted by molar-refractivity contribution is -0.384. The summed E-state index contributed by atoms with van der Waals surface area (Å²) in [4.78, 5) is 39.0. The maximum atomic E-state index is 12.9. The first kappa shape index (κ1) is 19.6. The van der Waals surface area contributed by atoms with Crippen molar-refractivity contribution in [3.8, 4) is 5.75 Å². The molecule has 1 aliphatic heterocycles. The standard InChI is InChI=1S/C19H18ClN3O5/c1-12-18(24)22(16-11-14(20)5-8-17(16)28-2)10-9-21(12)19(25)13-3-6-15(7-4-13)23(26)27/h3-8,11-12H,9-10H2,1-2H3/t12-/m1/s1. The highest BCUT2D eigenvalue weighted by Gasteiger charge is 2.36. The number of non-ortho nitro benzene ring substituents is 1. The summed E-state index contributed by atoms with van der Waals surface area (Å²) in [5, 5.41) is 11.2. The Bertz CT molecular complexity index is 932. The van der Waals surface area contributed by atoms with E-state index in [1.807, 2.05) is 0 Å². The fourth-order valence-electron chi connectivity index (χ4n) is 3.15. The lowest BCUT2D eigenvalue weighted by atomic mass is 10.1. The fraction of sp³-hybridized carbons (Fsp3) is 0.263. The van der Waals surface area contributed by atoms with E-state index in [2.05, 4.69) is 0 Å².